The SMILES string of the molecule is c1ccc(-c2cccc3c2oc2c(-c4ccc(-c5ccc6sc7c8ccccc8n(-c8ccccc8)c7c6c5)cc4)cccc23)cc1. The van der Waals surface area contributed by atoms with Gasteiger partial charge in [-0.1, -0.05) is 133 Å². The largest absolute Gasteiger partial charge is 0.455 e. The molecule has 0 saturated carbocycles. The molecule has 0 bridgehead atoms. The van der Waals surface area contributed by atoms with E-state index in [0.717, 1.165) is 44.2 Å². The molecule has 0 saturated heterocycles. The Balaban J connectivity index is 1.09. The first-order valence-corrected chi connectivity index (χ1v) is 16.7. The van der Waals surface area contributed by atoms with Crippen LogP contribution in [0.5, 0.6) is 0 Å². The molecular weight excluding hydrogens is 591 g/mol. The quantitative estimate of drug-likeness (QED) is 0.192. The van der Waals surface area contributed by atoms with E-state index >= 15 is 0 Å². The Hall–Kier alpha value is -5.90. The fourth-order valence-corrected chi connectivity index (χ4v) is 8.43. The highest BCUT2D eigenvalue weighted by molar-refractivity contribution is 7.26. The van der Waals surface area contributed by atoms with Gasteiger partial charge in [-0.2, -0.15) is 0 Å². The molecule has 0 atom stereocenters. The number of hydrogen-bond donors (Lipinski definition) is 0. The van der Waals surface area contributed by atoms with Crippen LogP contribution in [0.3, 0.4) is 0 Å². The van der Waals surface area contributed by atoms with Crippen molar-refractivity contribution in [1.29, 1.82) is 0 Å². The molecule has 3 aromatic heterocycles. The maximum atomic E-state index is 6.69. The van der Waals surface area contributed by atoms with E-state index in [-0.39, 0.29) is 0 Å². The van der Waals surface area contributed by atoms with Gasteiger partial charge in [-0.05, 0) is 52.6 Å². The van der Waals surface area contributed by atoms with E-state index in [4.69, 9.17) is 4.42 Å². The van der Waals surface area contributed by atoms with Crippen molar-refractivity contribution in [2.75, 3.05) is 0 Å². The van der Waals surface area contributed by atoms with Gasteiger partial charge in [-0.25, -0.2) is 0 Å². The van der Waals surface area contributed by atoms with Crippen LogP contribution in [0.15, 0.2) is 168 Å². The standard InChI is InChI=1S/C44H27NOS/c1-3-11-29(12-4-1)33-16-9-18-35-36-19-10-17-34(43(36)46-42(33)35)30-23-21-28(22-24-30)31-25-26-40-38(27-31)41-44(47-40)37-15-7-8-20-39(37)45(41)32-13-5-2-6-14-32/h1-27H. The number of aromatic nitrogens is 1. The van der Waals surface area contributed by atoms with Crippen LogP contribution in [0.4, 0.5) is 0 Å². The maximum Gasteiger partial charge on any atom is 0.143 e. The highest BCUT2D eigenvalue weighted by Gasteiger charge is 2.19. The first-order chi connectivity index (χ1) is 23.3. The summed E-state index contributed by atoms with van der Waals surface area (Å²) in [4.78, 5) is 0. The highest BCUT2D eigenvalue weighted by atomic mass is 32.1. The van der Waals surface area contributed by atoms with Crippen LogP contribution in [-0.2, 0) is 0 Å². The number of thiophene rings is 1. The molecule has 0 aliphatic heterocycles. The summed E-state index contributed by atoms with van der Waals surface area (Å²) < 4.78 is 11.8. The van der Waals surface area contributed by atoms with E-state index < -0.39 is 0 Å². The number of para-hydroxylation sites is 4. The lowest BCUT2D eigenvalue weighted by atomic mass is 9.98. The second kappa shape index (κ2) is 10.3. The Morgan fingerprint density at radius 2 is 1.00 bits per heavy atom. The Morgan fingerprint density at radius 3 is 1.72 bits per heavy atom. The lowest BCUT2D eigenvalue weighted by Gasteiger charge is -2.09. The predicted molar refractivity (Wildman–Crippen MR) is 200 cm³/mol. The van der Waals surface area contributed by atoms with E-state index in [0.29, 0.717) is 0 Å². The zero-order valence-electron chi connectivity index (χ0n) is 25.4. The van der Waals surface area contributed by atoms with Crippen molar-refractivity contribution in [1.82, 2.24) is 4.57 Å². The van der Waals surface area contributed by atoms with Gasteiger partial charge in [0.2, 0.25) is 0 Å². The molecule has 7 aromatic carbocycles. The molecule has 10 aromatic rings. The molecule has 0 unspecified atom stereocenters. The van der Waals surface area contributed by atoms with Crippen molar-refractivity contribution in [3.63, 3.8) is 0 Å². The molecule has 0 radical (unpaired) electrons. The summed E-state index contributed by atoms with van der Waals surface area (Å²) >= 11 is 1.88. The lowest BCUT2D eigenvalue weighted by molar-refractivity contribution is 0.671. The first kappa shape index (κ1) is 26.3. The van der Waals surface area contributed by atoms with Crippen LogP contribution in [0.25, 0.3) is 92.2 Å². The zero-order chi connectivity index (χ0) is 30.9. The molecule has 10 rings (SSSR count). The molecule has 3 heterocycles. The smallest absolute Gasteiger partial charge is 0.143 e. The Labute approximate surface area is 275 Å². The third-order valence-corrected chi connectivity index (χ3v) is 10.6. The fourth-order valence-electron chi connectivity index (χ4n) is 7.23. The molecule has 220 valence electrons. The number of fused-ring (bicyclic) bond motifs is 8. The second-order valence-corrected chi connectivity index (χ2v) is 13.1. The van der Waals surface area contributed by atoms with Crippen LogP contribution < -0.4 is 0 Å². The van der Waals surface area contributed by atoms with E-state index in [1.54, 1.807) is 0 Å². The summed E-state index contributed by atoms with van der Waals surface area (Å²) in [5.41, 5.74) is 12.5. The van der Waals surface area contributed by atoms with Gasteiger partial charge in [0.25, 0.3) is 0 Å². The van der Waals surface area contributed by atoms with Crippen LogP contribution in [0, 0.1) is 0 Å². The van der Waals surface area contributed by atoms with Crippen LogP contribution in [0.1, 0.15) is 0 Å². The maximum absolute atomic E-state index is 6.69. The van der Waals surface area contributed by atoms with Gasteiger partial charge in [0.05, 0.1) is 15.7 Å². The number of furan rings is 1. The van der Waals surface area contributed by atoms with E-state index in [9.17, 15) is 0 Å². The molecular formula is C44H27NOS. The van der Waals surface area contributed by atoms with Gasteiger partial charge in [0.15, 0.2) is 0 Å². The average Bonchev–Trinajstić information content (AvgIpc) is 3.81. The van der Waals surface area contributed by atoms with Crippen LogP contribution in [0.2, 0.25) is 0 Å². The molecule has 0 amide bonds. The van der Waals surface area contributed by atoms with Crippen molar-refractivity contribution < 1.29 is 4.42 Å². The van der Waals surface area contributed by atoms with Crippen molar-refractivity contribution in [3.8, 4) is 39.1 Å². The van der Waals surface area contributed by atoms with Crippen LogP contribution in [-0.4, -0.2) is 4.57 Å². The Kier molecular flexibility index (Phi) is 5.78. The third-order valence-electron chi connectivity index (χ3n) is 9.43. The zero-order valence-corrected chi connectivity index (χ0v) is 26.2. The molecule has 0 aliphatic rings. The summed E-state index contributed by atoms with van der Waals surface area (Å²) in [6.45, 7) is 0. The summed E-state index contributed by atoms with van der Waals surface area (Å²) in [6, 6.07) is 58.7. The van der Waals surface area contributed by atoms with Crippen molar-refractivity contribution in [3.05, 3.63) is 164 Å². The highest BCUT2D eigenvalue weighted by Crippen LogP contribution is 2.44. The van der Waals surface area contributed by atoms with Crippen molar-refractivity contribution >= 4 is 64.5 Å². The monoisotopic (exact) mass is 617 g/mol. The summed E-state index contributed by atoms with van der Waals surface area (Å²) in [6.07, 6.45) is 0. The van der Waals surface area contributed by atoms with Crippen LogP contribution >= 0.6 is 11.3 Å². The van der Waals surface area contributed by atoms with Gasteiger partial charge >= 0.3 is 0 Å². The average molecular weight is 618 g/mol. The number of rotatable bonds is 4. The second-order valence-electron chi connectivity index (χ2n) is 12.1. The normalized spacial score (nSPS) is 11.8. The molecule has 0 spiro atoms. The van der Waals surface area contributed by atoms with Gasteiger partial charge in [0.1, 0.15) is 11.2 Å². The van der Waals surface area contributed by atoms with Gasteiger partial charge in [-0.3, -0.25) is 0 Å². The molecule has 0 aliphatic carbocycles. The topological polar surface area (TPSA) is 18.1 Å². The number of hydrogen-bond acceptors (Lipinski definition) is 2. The minimum absolute atomic E-state index is 0.925. The summed E-state index contributed by atoms with van der Waals surface area (Å²) in [7, 11) is 0. The molecule has 3 heteroatoms. The molecule has 2 nitrogen and oxygen atoms in total. The van der Waals surface area contributed by atoms with Gasteiger partial charge in [0, 0.05) is 43.1 Å². The Bertz CT molecular complexity index is 2770. The number of benzene rings is 7. The Morgan fingerprint density at radius 1 is 0.426 bits per heavy atom. The van der Waals surface area contributed by atoms with Crippen molar-refractivity contribution in [2.24, 2.45) is 0 Å². The fraction of sp³-hybridized carbons (Fsp3) is 0. The first-order valence-electron chi connectivity index (χ1n) is 15.9. The van der Waals surface area contributed by atoms with Crippen molar-refractivity contribution in [2.45, 2.75) is 0 Å². The predicted octanol–water partition coefficient (Wildman–Crippen LogP) is 12.9. The minimum Gasteiger partial charge on any atom is -0.455 e. The number of nitrogens with zero attached hydrogens (tertiary/aromatic N) is 1. The third kappa shape index (κ3) is 4.04. The minimum atomic E-state index is 0.925. The van der Waals surface area contributed by atoms with E-state index in [1.807, 2.05) is 17.4 Å². The molecule has 0 fully saturated rings. The summed E-state index contributed by atoms with van der Waals surface area (Å²) in [5, 5.41) is 4.87. The van der Waals surface area contributed by atoms with E-state index in [2.05, 4.69) is 162 Å². The van der Waals surface area contributed by atoms with Gasteiger partial charge in [-0.15, -0.1) is 11.3 Å². The van der Waals surface area contributed by atoms with E-state index in [1.165, 1.54) is 48.0 Å². The molecule has 0 N–H and O–H groups in total. The van der Waals surface area contributed by atoms with Gasteiger partial charge < -0.3 is 8.98 Å². The lowest BCUT2D eigenvalue weighted by Crippen LogP contribution is -1.92. The molecule has 47 heavy (non-hydrogen) atoms. The summed E-state index contributed by atoms with van der Waals surface area (Å²) in [5.74, 6) is 0.